The van der Waals surface area contributed by atoms with Crippen LogP contribution in [0.5, 0.6) is 17.2 Å². The summed E-state index contributed by atoms with van der Waals surface area (Å²) in [6.45, 7) is 4.97. The topological polar surface area (TPSA) is 261 Å². The van der Waals surface area contributed by atoms with Crippen molar-refractivity contribution in [3.05, 3.63) is 51.6 Å². The van der Waals surface area contributed by atoms with Crippen LogP contribution in [-0.2, 0) is 49.3 Å². The molecule has 3 amide bonds. The number of rotatable bonds is 16. The van der Waals surface area contributed by atoms with Gasteiger partial charge in [0.2, 0.25) is 17.6 Å². The molecule has 4 saturated heterocycles. The van der Waals surface area contributed by atoms with Crippen LogP contribution in [0.25, 0.3) is 0 Å². The summed E-state index contributed by atoms with van der Waals surface area (Å²) >= 11 is 1.26. The SMILES string of the molecule is CNC(=O)C1CCN(CCNC(=O)CSCCC(=O)CNC(=O)[C@]2(O)Cc3c(O)c4c(c(O)c3[C@@H](O[C@H]3C[C@H]5[C@H](O[C@@H]6[C@@H](OC)OCCN65)[C@H](C)O3)C2)C(=O)c2c(OC)cccc2C4=O)CC1. The van der Waals surface area contributed by atoms with Crippen molar-refractivity contribution in [2.75, 3.05) is 78.6 Å². The van der Waals surface area contributed by atoms with E-state index in [4.69, 9.17) is 28.4 Å². The Morgan fingerprint density at radius 2 is 1.75 bits per heavy atom. The molecule has 364 valence electrons. The lowest BCUT2D eigenvalue weighted by Gasteiger charge is -2.43. The molecule has 8 rings (SSSR count). The molecule has 0 spiro atoms. The molecule has 2 aromatic rings. The summed E-state index contributed by atoms with van der Waals surface area (Å²) in [5, 5.41) is 44.3. The number of likely N-dealkylation sites (tertiary alicyclic amines) is 1. The summed E-state index contributed by atoms with van der Waals surface area (Å²) in [6.07, 6.45) is -3.77. The van der Waals surface area contributed by atoms with Crippen molar-refractivity contribution < 1.29 is 72.5 Å². The predicted molar refractivity (Wildman–Crippen MR) is 238 cm³/mol. The van der Waals surface area contributed by atoms with Gasteiger partial charge in [0.1, 0.15) is 29.0 Å². The molecule has 0 bridgehead atoms. The number of hydrogen-bond acceptors (Lipinski definition) is 18. The molecule has 0 aromatic heterocycles. The summed E-state index contributed by atoms with van der Waals surface area (Å²) in [4.78, 5) is 84.0. The first-order valence-electron chi connectivity index (χ1n) is 22.7. The van der Waals surface area contributed by atoms with Crippen molar-refractivity contribution in [2.24, 2.45) is 5.92 Å². The van der Waals surface area contributed by atoms with E-state index in [0.29, 0.717) is 32.0 Å². The monoisotopic (exact) mass is 953 g/mol. The van der Waals surface area contributed by atoms with Crippen LogP contribution in [0.1, 0.15) is 88.1 Å². The highest BCUT2D eigenvalue weighted by Gasteiger charge is 2.55. The summed E-state index contributed by atoms with van der Waals surface area (Å²) < 4.78 is 35.9. The Balaban J connectivity index is 0.938. The van der Waals surface area contributed by atoms with E-state index in [-0.39, 0.29) is 82.3 Å². The van der Waals surface area contributed by atoms with Crippen molar-refractivity contribution in [2.45, 2.75) is 94.2 Å². The van der Waals surface area contributed by atoms with E-state index in [0.717, 1.165) is 25.9 Å². The van der Waals surface area contributed by atoms with E-state index in [1.165, 1.54) is 44.2 Å². The van der Waals surface area contributed by atoms with Crippen molar-refractivity contribution in [3.8, 4) is 17.2 Å². The number of Topliss-reactive ketones (excluding diaryl/α,β-unsaturated/α-hetero) is 1. The second-order valence-corrected chi connectivity index (χ2v) is 18.9. The van der Waals surface area contributed by atoms with Gasteiger partial charge in [-0.3, -0.25) is 33.7 Å². The first kappa shape index (κ1) is 48.7. The third kappa shape index (κ3) is 9.67. The van der Waals surface area contributed by atoms with E-state index in [1.54, 1.807) is 7.05 Å². The Hall–Kier alpha value is -4.71. The number of nitrogens with one attached hydrogen (secondary N) is 3. The average Bonchev–Trinajstić information content (AvgIpc) is 3.71. The number of piperidine rings is 1. The average molecular weight is 954 g/mol. The van der Waals surface area contributed by atoms with Crippen molar-refractivity contribution in [1.29, 1.82) is 0 Å². The minimum Gasteiger partial charge on any atom is -0.507 e. The molecular weight excluding hydrogens is 895 g/mol. The van der Waals surface area contributed by atoms with Gasteiger partial charge in [0.25, 0.3) is 5.91 Å². The van der Waals surface area contributed by atoms with Crippen molar-refractivity contribution >= 4 is 46.8 Å². The van der Waals surface area contributed by atoms with Gasteiger partial charge >= 0.3 is 0 Å². The quantitative estimate of drug-likeness (QED) is 0.0846. The first-order valence-corrected chi connectivity index (χ1v) is 23.9. The second kappa shape index (κ2) is 20.5. The summed E-state index contributed by atoms with van der Waals surface area (Å²) in [5.41, 5.74) is -3.77. The number of hydrogen-bond donors (Lipinski definition) is 6. The van der Waals surface area contributed by atoms with Crippen LogP contribution in [0, 0.1) is 5.92 Å². The van der Waals surface area contributed by atoms with Crippen molar-refractivity contribution in [1.82, 2.24) is 25.8 Å². The van der Waals surface area contributed by atoms with Gasteiger partial charge in [-0.15, -0.1) is 0 Å². The molecule has 0 unspecified atom stereocenters. The smallest absolute Gasteiger partial charge is 0.252 e. The maximum absolute atomic E-state index is 14.2. The number of ketones is 3. The van der Waals surface area contributed by atoms with Gasteiger partial charge in [-0.05, 0) is 38.9 Å². The Morgan fingerprint density at radius 1 is 0.985 bits per heavy atom. The zero-order valence-electron chi connectivity index (χ0n) is 38.0. The van der Waals surface area contributed by atoms with Crippen molar-refractivity contribution in [3.63, 3.8) is 0 Å². The predicted octanol–water partition coefficient (Wildman–Crippen LogP) is 0.533. The van der Waals surface area contributed by atoms with Crippen LogP contribution in [0.4, 0.5) is 0 Å². The molecule has 6 aliphatic rings. The highest BCUT2D eigenvalue weighted by molar-refractivity contribution is 7.99. The Kier molecular flexibility index (Phi) is 14.9. The number of phenols is 2. The molecule has 0 saturated carbocycles. The van der Waals surface area contributed by atoms with E-state index in [9.17, 15) is 44.1 Å². The highest BCUT2D eigenvalue weighted by atomic mass is 32.2. The van der Waals surface area contributed by atoms with Gasteiger partial charge in [0.05, 0.1) is 54.9 Å². The van der Waals surface area contributed by atoms with Crippen LogP contribution in [0.3, 0.4) is 0 Å². The number of carbonyl (C=O) groups is 6. The summed E-state index contributed by atoms with van der Waals surface area (Å²) in [6, 6.07) is 4.18. The van der Waals surface area contributed by atoms with E-state index in [2.05, 4.69) is 25.8 Å². The fourth-order valence-electron chi connectivity index (χ4n) is 10.3. The molecule has 0 radical (unpaired) electrons. The lowest BCUT2D eigenvalue weighted by Crippen LogP contribution is -2.55. The molecular formula is C46H59N5O15S. The highest BCUT2D eigenvalue weighted by Crippen LogP contribution is 2.53. The number of thioether (sulfide) groups is 1. The van der Waals surface area contributed by atoms with E-state index in [1.807, 2.05) is 6.92 Å². The van der Waals surface area contributed by atoms with Crippen LogP contribution in [-0.4, -0.2) is 181 Å². The van der Waals surface area contributed by atoms with Gasteiger partial charge in [-0.1, -0.05) is 12.1 Å². The number of aromatic hydroxyl groups is 2. The molecule has 4 fully saturated rings. The third-order valence-electron chi connectivity index (χ3n) is 13.8. The van der Waals surface area contributed by atoms with Crippen LogP contribution >= 0.6 is 11.8 Å². The fourth-order valence-corrected chi connectivity index (χ4v) is 11.1. The maximum Gasteiger partial charge on any atom is 0.252 e. The van der Waals surface area contributed by atoms with Gasteiger partial charge < -0.3 is 64.6 Å². The number of carbonyl (C=O) groups excluding carboxylic acids is 6. The number of morpholine rings is 1. The molecule has 2 aliphatic carbocycles. The minimum atomic E-state index is -2.36. The number of fused-ring (bicyclic) bond motifs is 6. The Morgan fingerprint density at radius 3 is 2.48 bits per heavy atom. The summed E-state index contributed by atoms with van der Waals surface area (Å²) in [7, 11) is 4.50. The molecule has 6 N–H and O–H groups in total. The lowest BCUT2D eigenvalue weighted by molar-refractivity contribution is -0.256. The van der Waals surface area contributed by atoms with Gasteiger partial charge in [-0.2, -0.15) is 11.8 Å². The van der Waals surface area contributed by atoms with E-state index >= 15 is 0 Å². The number of ether oxygens (including phenoxy) is 6. The number of benzene rings is 2. The zero-order chi connectivity index (χ0) is 47.7. The number of phenolic OH excluding ortho intramolecular Hbond substituents is 2. The number of aliphatic hydroxyl groups is 1. The maximum atomic E-state index is 14.2. The number of methoxy groups -OCH3 is 2. The third-order valence-corrected chi connectivity index (χ3v) is 14.7. The fraction of sp³-hybridized carbons (Fsp3) is 0.609. The van der Waals surface area contributed by atoms with Crippen LogP contribution in [0.2, 0.25) is 0 Å². The van der Waals surface area contributed by atoms with Gasteiger partial charge in [-0.25, -0.2) is 0 Å². The Bertz CT molecular complexity index is 2270. The van der Waals surface area contributed by atoms with Gasteiger partial charge in [0, 0.05) is 93.9 Å². The molecule has 67 heavy (non-hydrogen) atoms. The number of nitrogens with zero attached hydrogens (tertiary/aromatic N) is 2. The molecule has 2 aromatic carbocycles. The molecule has 4 aliphatic heterocycles. The molecule has 20 nitrogen and oxygen atoms in total. The van der Waals surface area contributed by atoms with Crippen LogP contribution in [0.15, 0.2) is 18.2 Å². The Labute approximate surface area is 391 Å². The largest absolute Gasteiger partial charge is 0.507 e. The normalized spacial score (nSPS) is 28.3. The second-order valence-electron chi connectivity index (χ2n) is 17.8. The van der Waals surface area contributed by atoms with Crippen LogP contribution < -0.4 is 20.7 Å². The molecule has 8 atom stereocenters. The minimum absolute atomic E-state index is 0.0149. The lowest BCUT2D eigenvalue weighted by atomic mass is 9.72. The molecule has 21 heteroatoms. The van der Waals surface area contributed by atoms with E-state index < -0.39 is 96.1 Å². The zero-order valence-corrected chi connectivity index (χ0v) is 38.8. The van der Waals surface area contributed by atoms with Gasteiger partial charge in [0.15, 0.2) is 30.4 Å². The first-order chi connectivity index (χ1) is 32.2. The number of amides is 3. The standard InChI is InChI=1S/C46H59N5O15S/c1-23-41-28(51-15-16-63-44(62-4)43(51)66-41)18-32(64-23)65-30-20-46(60,19-27-34(30)40(57)36-35(38(27)55)37(54)26-6-5-7-29(61-3)33(26)39(36)56)45(59)49-21-25(52)10-17-67-22-31(53)48-11-14-50-12-8-24(9-13-50)42(58)47-2/h5-7,23-24,28,30,32,41,43-44,55,57,60H,8-22H2,1-4H3,(H,47,58)(H,48,53)(H,49,59)/t23-,28-,30-,32-,41+,43+,44-,46-/m0/s1. The summed E-state index contributed by atoms with van der Waals surface area (Å²) in [5.74, 6) is -3.85. The molecule has 4 heterocycles.